The van der Waals surface area contributed by atoms with E-state index in [0.717, 1.165) is 30.2 Å². The molecule has 1 amide bonds. The monoisotopic (exact) mass is 368 g/mol. The normalized spacial score (nSPS) is 16.8. The zero-order valence-electron chi connectivity index (χ0n) is 12.6. The zero-order chi connectivity index (χ0) is 16.1. The molecule has 0 heterocycles. The summed E-state index contributed by atoms with van der Waals surface area (Å²) in [7, 11) is 0. The van der Waals surface area contributed by atoms with Gasteiger partial charge >= 0.3 is 5.97 Å². The summed E-state index contributed by atoms with van der Waals surface area (Å²) >= 11 is 3.31. The third-order valence-corrected chi connectivity index (χ3v) is 4.40. The first-order valence-electron chi connectivity index (χ1n) is 7.50. The van der Waals surface area contributed by atoms with E-state index < -0.39 is 6.23 Å². The molecule has 6 heteroatoms. The minimum atomic E-state index is -0.589. The lowest BCUT2D eigenvalue weighted by molar-refractivity contribution is -0.151. The van der Waals surface area contributed by atoms with Crippen molar-refractivity contribution in [2.24, 2.45) is 5.92 Å². The second-order valence-corrected chi connectivity index (χ2v) is 6.55. The SMILES string of the molecule is CC(=O)OC(NC(=O)c1ccc(Br)cc1N)C1CCCCC1. The Morgan fingerprint density at radius 2 is 2.00 bits per heavy atom. The van der Waals surface area contributed by atoms with E-state index in [1.165, 1.54) is 13.3 Å². The van der Waals surface area contributed by atoms with E-state index >= 15 is 0 Å². The maximum atomic E-state index is 12.4. The third kappa shape index (κ3) is 4.47. The fourth-order valence-electron chi connectivity index (χ4n) is 2.81. The Morgan fingerprint density at radius 1 is 1.32 bits per heavy atom. The zero-order valence-corrected chi connectivity index (χ0v) is 14.2. The van der Waals surface area contributed by atoms with E-state index in [-0.39, 0.29) is 17.8 Å². The predicted molar refractivity (Wildman–Crippen MR) is 88.1 cm³/mol. The second-order valence-electron chi connectivity index (χ2n) is 5.63. The molecule has 1 unspecified atom stereocenters. The van der Waals surface area contributed by atoms with Crippen molar-refractivity contribution in [2.45, 2.75) is 45.3 Å². The highest BCUT2D eigenvalue weighted by molar-refractivity contribution is 9.10. The molecule has 0 spiro atoms. The summed E-state index contributed by atoms with van der Waals surface area (Å²) in [5.41, 5.74) is 6.65. The summed E-state index contributed by atoms with van der Waals surface area (Å²) in [5.74, 6) is -0.542. The van der Waals surface area contributed by atoms with E-state index in [4.69, 9.17) is 10.5 Å². The number of hydrogen-bond acceptors (Lipinski definition) is 4. The number of nitrogens with one attached hydrogen (secondary N) is 1. The number of nitrogens with two attached hydrogens (primary N) is 1. The maximum Gasteiger partial charge on any atom is 0.304 e. The molecule has 1 aliphatic carbocycles. The first kappa shape index (κ1) is 16.8. The lowest BCUT2D eigenvalue weighted by atomic mass is 9.88. The number of carbonyl (C=O) groups excluding carboxylic acids is 2. The van der Waals surface area contributed by atoms with Gasteiger partial charge in [0.25, 0.3) is 5.91 Å². The van der Waals surface area contributed by atoms with E-state index in [9.17, 15) is 9.59 Å². The molecule has 1 fully saturated rings. The van der Waals surface area contributed by atoms with Gasteiger partial charge in [0.15, 0.2) is 6.23 Å². The summed E-state index contributed by atoms with van der Waals surface area (Å²) in [5, 5.41) is 2.82. The van der Waals surface area contributed by atoms with Gasteiger partial charge in [0.2, 0.25) is 0 Å². The second kappa shape index (κ2) is 7.63. The van der Waals surface area contributed by atoms with Gasteiger partial charge in [-0.1, -0.05) is 35.2 Å². The first-order chi connectivity index (χ1) is 10.5. The molecule has 0 radical (unpaired) electrons. The van der Waals surface area contributed by atoms with Crippen LogP contribution >= 0.6 is 15.9 Å². The van der Waals surface area contributed by atoms with Crippen LogP contribution < -0.4 is 11.1 Å². The average molecular weight is 369 g/mol. The van der Waals surface area contributed by atoms with Crippen LogP contribution in [-0.2, 0) is 9.53 Å². The summed E-state index contributed by atoms with van der Waals surface area (Å²) in [6, 6.07) is 5.09. The number of benzene rings is 1. The highest BCUT2D eigenvalue weighted by atomic mass is 79.9. The fourth-order valence-corrected chi connectivity index (χ4v) is 3.19. The summed E-state index contributed by atoms with van der Waals surface area (Å²) in [6.07, 6.45) is 4.70. The molecule has 0 aromatic heterocycles. The molecule has 0 bridgehead atoms. The minimum Gasteiger partial charge on any atom is -0.442 e. The van der Waals surface area contributed by atoms with Gasteiger partial charge in [-0.05, 0) is 31.0 Å². The van der Waals surface area contributed by atoms with Gasteiger partial charge in [-0.3, -0.25) is 9.59 Å². The number of anilines is 1. The highest BCUT2D eigenvalue weighted by Crippen LogP contribution is 2.27. The molecule has 1 saturated carbocycles. The number of hydrogen-bond donors (Lipinski definition) is 2. The van der Waals surface area contributed by atoms with Crippen LogP contribution in [0.4, 0.5) is 5.69 Å². The molecule has 22 heavy (non-hydrogen) atoms. The molecule has 1 aliphatic rings. The first-order valence-corrected chi connectivity index (χ1v) is 8.30. The van der Waals surface area contributed by atoms with Gasteiger partial charge in [-0.25, -0.2) is 0 Å². The van der Waals surface area contributed by atoms with Gasteiger partial charge in [-0.2, -0.15) is 0 Å². The van der Waals surface area contributed by atoms with Crippen molar-refractivity contribution in [2.75, 3.05) is 5.73 Å². The maximum absolute atomic E-state index is 12.4. The molecule has 3 N–H and O–H groups in total. The Morgan fingerprint density at radius 3 is 2.59 bits per heavy atom. The van der Waals surface area contributed by atoms with Gasteiger partial charge in [0.1, 0.15) is 0 Å². The minimum absolute atomic E-state index is 0.165. The van der Waals surface area contributed by atoms with Crippen molar-refractivity contribution < 1.29 is 14.3 Å². The number of esters is 1. The molecule has 1 aromatic carbocycles. The summed E-state index contributed by atoms with van der Waals surface area (Å²) in [4.78, 5) is 23.7. The smallest absolute Gasteiger partial charge is 0.304 e. The van der Waals surface area contributed by atoms with Crippen molar-refractivity contribution in [3.05, 3.63) is 28.2 Å². The highest BCUT2D eigenvalue weighted by Gasteiger charge is 2.28. The molecule has 0 saturated heterocycles. The number of rotatable bonds is 4. The van der Waals surface area contributed by atoms with Crippen LogP contribution in [0.25, 0.3) is 0 Å². The van der Waals surface area contributed by atoms with Crippen LogP contribution in [0.1, 0.15) is 49.4 Å². The standard InChI is InChI=1S/C16H21BrN2O3/c1-10(20)22-16(11-5-3-2-4-6-11)19-15(21)13-8-7-12(17)9-14(13)18/h7-9,11,16H,2-6,18H2,1H3,(H,19,21). The number of amides is 1. The quantitative estimate of drug-likeness (QED) is 0.485. The molecule has 1 atom stereocenters. The Hall–Kier alpha value is -1.56. The van der Waals surface area contributed by atoms with E-state index in [0.29, 0.717) is 11.3 Å². The summed E-state index contributed by atoms with van der Waals surface area (Å²) in [6.45, 7) is 1.36. The van der Waals surface area contributed by atoms with Crippen molar-refractivity contribution in [1.29, 1.82) is 0 Å². The van der Waals surface area contributed by atoms with Crippen LogP contribution in [0.2, 0.25) is 0 Å². The number of ether oxygens (including phenoxy) is 1. The molecular weight excluding hydrogens is 348 g/mol. The lowest BCUT2D eigenvalue weighted by Gasteiger charge is -2.30. The molecule has 1 aromatic rings. The number of nitrogen functional groups attached to an aromatic ring is 1. The van der Waals surface area contributed by atoms with E-state index in [2.05, 4.69) is 21.2 Å². The predicted octanol–water partition coefficient (Wildman–Crippen LogP) is 3.23. The third-order valence-electron chi connectivity index (χ3n) is 3.90. The molecule has 120 valence electrons. The van der Waals surface area contributed by atoms with Crippen molar-refractivity contribution in [3.63, 3.8) is 0 Å². The van der Waals surface area contributed by atoms with Gasteiger partial charge in [-0.15, -0.1) is 0 Å². The average Bonchev–Trinajstić information content (AvgIpc) is 2.46. The van der Waals surface area contributed by atoms with Crippen LogP contribution in [0, 0.1) is 5.92 Å². The van der Waals surface area contributed by atoms with Crippen LogP contribution in [-0.4, -0.2) is 18.1 Å². The van der Waals surface area contributed by atoms with Gasteiger partial charge in [0, 0.05) is 23.0 Å². The summed E-state index contributed by atoms with van der Waals surface area (Å²) < 4.78 is 6.14. The van der Waals surface area contributed by atoms with Crippen LogP contribution in [0.3, 0.4) is 0 Å². The molecular formula is C16H21BrN2O3. The molecule has 0 aliphatic heterocycles. The Kier molecular flexibility index (Phi) is 5.83. The Bertz CT molecular complexity index is 556. The Balaban J connectivity index is 2.11. The van der Waals surface area contributed by atoms with Crippen molar-refractivity contribution in [1.82, 2.24) is 5.32 Å². The van der Waals surface area contributed by atoms with Crippen molar-refractivity contribution >= 4 is 33.5 Å². The van der Waals surface area contributed by atoms with E-state index in [1.54, 1.807) is 18.2 Å². The topological polar surface area (TPSA) is 81.4 Å². The number of carbonyl (C=O) groups is 2. The lowest BCUT2D eigenvalue weighted by Crippen LogP contribution is -2.44. The fraction of sp³-hybridized carbons (Fsp3) is 0.500. The van der Waals surface area contributed by atoms with E-state index in [1.807, 2.05) is 0 Å². The molecule has 5 nitrogen and oxygen atoms in total. The van der Waals surface area contributed by atoms with Gasteiger partial charge < -0.3 is 15.8 Å². The number of halogens is 1. The molecule has 2 rings (SSSR count). The largest absolute Gasteiger partial charge is 0.442 e. The van der Waals surface area contributed by atoms with Gasteiger partial charge in [0.05, 0.1) is 5.56 Å². The van der Waals surface area contributed by atoms with Crippen LogP contribution in [0.5, 0.6) is 0 Å². The Labute approximate surface area is 138 Å². The van der Waals surface area contributed by atoms with Crippen molar-refractivity contribution in [3.8, 4) is 0 Å². The van der Waals surface area contributed by atoms with Crippen LogP contribution in [0.15, 0.2) is 22.7 Å².